The van der Waals surface area contributed by atoms with Gasteiger partial charge in [-0.25, -0.2) is 4.79 Å². The molecule has 1 heterocycles. The summed E-state index contributed by atoms with van der Waals surface area (Å²) in [4.78, 5) is 24.6. The Bertz CT molecular complexity index is 1040. The summed E-state index contributed by atoms with van der Waals surface area (Å²) in [5.41, 5.74) is 5.69. The first-order valence-electron chi connectivity index (χ1n) is 9.46. The van der Waals surface area contributed by atoms with E-state index in [-0.39, 0.29) is 12.5 Å². The third kappa shape index (κ3) is 5.10. The van der Waals surface area contributed by atoms with E-state index in [1.54, 1.807) is 17.7 Å². The van der Waals surface area contributed by atoms with Gasteiger partial charge in [0.25, 0.3) is 5.91 Å². The van der Waals surface area contributed by atoms with Gasteiger partial charge in [-0.05, 0) is 51.0 Å². The number of carbonyl (C=O) groups excluding carboxylic acids is 2. The lowest BCUT2D eigenvalue weighted by molar-refractivity contribution is -0.119. The lowest BCUT2D eigenvalue weighted by Gasteiger charge is -2.08. The smallest absolute Gasteiger partial charge is 0.342 e. The number of aryl methyl sites for hydroxylation is 3. The zero-order valence-corrected chi connectivity index (χ0v) is 17.2. The minimum atomic E-state index is -0.547. The second kappa shape index (κ2) is 8.73. The summed E-state index contributed by atoms with van der Waals surface area (Å²) in [7, 11) is 0. The Kier molecular flexibility index (Phi) is 6.12. The molecule has 0 aliphatic carbocycles. The normalized spacial score (nSPS) is 10.6. The Morgan fingerprint density at radius 3 is 2.41 bits per heavy atom. The molecule has 2 aromatic carbocycles. The summed E-state index contributed by atoms with van der Waals surface area (Å²) in [6.45, 7) is 7.79. The van der Waals surface area contributed by atoms with E-state index < -0.39 is 5.97 Å². The van der Waals surface area contributed by atoms with Crippen LogP contribution in [0.2, 0.25) is 0 Å². The fourth-order valence-corrected chi connectivity index (χ4v) is 3.14. The van der Waals surface area contributed by atoms with Crippen LogP contribution in [0.3, 0.4) is 0 Å². The third-order valence-corrected chi connectivity index (χ3v) is 4.67. The van der Waals surface area contributed by atoms with Gasteiger partial charge in [0.2, 0.25) is 0 Å². The van der Waals surface area contributed by atoms with Crippen molar-refractivity contribution in [1.29, 1.82) is 0 Å². The molecule has 0 unspecified atom stereocenters. The van der Waals surface area contributed by atoms with Gasteiger partial charge >= 0.3 is 5.97 Å². The minimum Gasteiger partial charge on any atom is -0.452 e. The highest BCUT2D eigenvalue weighted by molar-refractivity contribution is 5.96. The number of amides is 1. The van der Waals surface area contributed by atoms with Crippen LogP contribution in [0.1, 0.15) is 38.4 Å². The van der Waals surface area contributed by atoms with Crippen molar-refractivity contribution in [1.82, 2.24) is 9.78 Å². The molecule has 0 aliphatic rings. The predicted molar refractivity (Wildman–Crippen MR) is 112 cm³/mol. The molecule has 0 saturated carbocycles. The SMILES string of the molecule is Cc1ccc(Cn2nc(C)c(C(=O)OCC(=O)Nc3cccc(C)c3)c2C)cc1. The third-order valence-electron chi connectivity index (χ3n) is 4.67. The molecule has 6 nitrogen and oxygen atoms in total. The molecule has 1 amide bonds. The Labute approximate surface area is 170 Å². The number of rotatable bonds is 6. The molecule has 0 spiro atoms. The van der Waals surface area contributed by atoms with E-state index in [9.17, 15) is 9.59 Å². The molecule has 150 valence electrons. The highest BCUT2D eigenvalue weighted by atomic mass is 16.5. The first-order valence-corrected chi connectivity index (χ1v) is 9.46. The van der Waals surface area contributed by atoms with E-state index in [4.69, 9.17) is 4.74 Å². The van der Waals surface area contributed by atoms with Crippen LogP contribution in [0, 0.1) is 27.7 Å². The largest absolute Gasteiger partial charge is 0.452 e. The lowest BCUT2D eigenvalue weighted by Crippen LogP contribution is -2.21. The maximum atomic E-state index is 12.6. The molecular formula is C23H25N3O3. The number of nitrogens with zero attached hydrogens (tertiary/aromatic N) is 2. The molecule has 1 aromatic heterocycles. The quantitative estimate of drug-likeness (QED) is 0.646. The summed E-state index contributed by atoms with van der Waals surface area (Å²) >= 11 is 0. The number of ether oxygens (including phenoxy) is 1. The molecule has 29 heavy (non-hydrogen) atoms. The van der Waals surface area contributed by atoms with Crippen molar-refractivity contribution < 1.29 is 14.3 Å². The van der Waals surface area contributed by atoms with E-state index >= 15 is 0 Å². The van der Waals surface area contributed by atoms with Gasteiger partial charge in [-0.3, -0.25) is 9.48 Å². The lowest BCUT2D eigenvalue weighted by atomic mass is 10.1. The van der Waals surface area contributed by atoms with Crippen molar-refractivity contribution in [3.63, 3.8) is 0 Å². The number of esters is 1. The molecule has 3 rings (SSSR count). The Hall–Kier alpha value is -3.41. The van der Waals surface area contributed by atoms with Crippen molar-refractivity contribution in [3.05, 3.63) is 82.2 Å². The van der Waals surface area contributed by atoms with Gasteiger partial charge in [-0.15, -0.1) is 0 Å². The second-order valence-corrected chi connectivity index (χ2v) is 7.18. The van der Waals surface area contributed by atoms with Crippen LogP contribution in [0.15, 0.2) is 48.5 Å². The summed E-state index contributed by atoms with van der Waals surface area (Å²) in [6, 6.07) is 15.6. The van der Waals surface area contributed by atoms with E-state index in [1.165, 1.54) is 5.56 Å². The summed E-state index contributed by atoms with van der Waals surface area (Å²) in [6.07, 6.45) is 0. The summed E-state index contributed by atoms with van der Waals surface area (Å²) < 4.78 is 7.01. The van der Waals surface area contributed by atoms with E-state index in [1.807, 2.05) is 63.2 Å². The van der Waals surface area contributed by atoms with Gasteiger partial charge in [-0.2, -0.15) is 5.10 Å². The van der Waals surface area contributed by atoms with Gasteiger partial charge < -0.3 is 10.1 Å². The number of carbonyl (C=O) groups is 2. The predicted octanol–water partition coefficient (Wildman–Crippen LogP) is 3.96. The van der Waals surface area contributed by atoms with Gasteiger partial charge in [0.1, 0.15) is 5.56 Å². The number of aromatic nitrogens is 2. The molecule has 1 N–H and O–H groups in total. The zero-order valence-electron chi connectivity index (χ0n) is 17.2. The Morgan fingerprint density at radius 1 is 1.00 bits per heavy atom. The Morgan fingerprint density at radius 2 is 1.72 bits per heavy atom. The van der Waals surface area contributed by atoms with Crippen LogP contribution in [0.5, 0.6) is 0 Å². The van der Waals surface area contributed by atoms with Crippen LogP contribution in [-0.2, 0) is 16.1 Å². The number of hydrogen-bond donors (Lipinski definition) is 1. The standard InChI is InChI=1S/C23H25N3O3/c1-15-8-10-19(11-9-15)13-26-18(4)22(17(3)25-26)23(28)29-14-21(27)24-20-7-5-6-16(2)12-20/h5-12H,13-14H2,1-4H3,(H,24,27). The minimum absolute atomic E-state index is 0.352. The van der Waals surface area contributed by atoms with E-state index in [0.29, 0.717) is 29.2 Å². The topological polar surface area (TPSA) is 73.2 Å². The first-order chi connectivity index (χ1) is 13.8. The van der Waals surface area contributed by atoms with Crippen LogP contribution in [-0.4, -0.2) is 28.3 Å². The average molecular weight is 391 g/mol. The highest BCUT2D eigenvalue weighted by Gasteiger charge is 2.21. The van der Waals surface area contributed by atoms with Gasteiger partial charge in [0.05, 0.1) is 17.9 Å². The van der Waals surface area contributed by atoms with Crippen LogP contribution in [0.25, 0.3) is 0 Å². The van der Waals surface area contributed by atoms with Crippen molar-refractivity contribution in [2.24, 2.45) is 0 Å². The molecular weight excluding hydrogens is 366 g/mol. The van der Waals surface area contributed by atoms with Gasteiger partial charge in [-0.1, -0.05) is 42.0 Å². The zero-order chi connectivity index (χ0) is 21.0. The highest BCUT2D eigenvalue weighted by Crippen LogP contribution is 2.17. The number of benzene rings is 2. The van der Waals surface area contributed by atoms with Crippen LogP contribution in [0.4, 0.5) is 5.69 Å². The maximum absolute atomic E-state index is 12.6. The molecule has 0 aliphatic heterocycles. The van der Waals surface area contributed by atoms with E-state index in [0.717, 1.165) is 11.1 Å². The van der Waals surface area contributed by atoms with Crippen LogP contribution >= 0.6 is 0 Å². The monoisotopic (exact) mass is 391 g/mol. The fourth-order valence-electron chi connectivity index (χ4n) is 3.14. The Balaban J connectivity index is 1.64. The summed E-state index contributed by atoms with van der Waals surface area (Å²) in [5, 5.41) is 7.19. The van der Waals surface area contributed by atoms with Crippen molar-refractivity contribution in [2.45, 2.75) is 34.2 Å². The molecule has 0 radical (unpaired) electrons. The van der Waals surface area contributed by atoms with Crippen molar-refractivity contribution >= 4 is 17.6 Å². The van der Waals surface area contributed by atoms with Gasteiger partial charge in [0.15, 0.2) is 6.61 Å². The molecule has 0 fully saturated rings. The molecule has 0 saturated heterocycles. The maximum Gasteiger partial charge on any atom is 0.342 e. The molecule has 0 atom stereocenters. The fraction of sp³-hybridized carbons (Fsp3) is 0.261. The van der Waals surface area contributed by atoms with Crippen molar-refractivity contribution in [2.75, 3.05) is 11.9 Å². The van der Waals surface area contributed by atoms with Crippen molar-refractivity contribution in [3.8, 4) is 0 Å². The van der Waals surface area contributed by atoms with Gasteiger partial charge in [0, 0.05) is 5.69 Å². The number of nitrogens with one attached hydrogen (secondary N) is 1. The number of anilines is 1. The van der Waals surface area contributed by atoms with E-state index in [2.05, 4.69) is 10.4 Å². The molecule has 3 aromatic rings. The molecule has 0 bridgehead atoms. The second-order valence-electron chi connectivity index (χ2n) is 7.18. The molecule has 6 heteroatoms. The first kappa shape index (κ1) is 20.3. The number of hydrogen-bond acceptors (Lipinski definition) is 4. The average Bonchev–Trinajstić information content (AvgIpc) is 2.95. The summed E-state index contributed by atoms with van der Waals surface area (Å²) in [5.74, 6) is -0.930. The van der Waals surface area contributed by atoms with Crippen LogP contribution < -0.4 is 5.32 Å².